The lowest BCUT2D eigenvalue weighted by Gasteiger charge is -2.22. The quantitative estimate of drug-likeness (QED) is 0.473. The summed E-state index contributed by atoms with van der Waals surface area (Å²) in [5.41, 5.74) is 0. The molecule has 7 heavy (non-hydrogen) atoms. The van der Waals surface area contributed by atoms with Crippen LogP contribution in [0.25, 0.3) is 0 Å². The average Bonchev–Trinajstić information content (AvgIpc) is 1.69. The molecule has 3 nitrogen and oxygen atoms in total. The van der Waals surface area contributed by atoms with Gasteiger partial charge in [-0.2, -0.15) is 0 Å². The molecule has 0 radical (unpaired) electrons. The zero-order chi connectivity index (χ0) is 5.11. The molecule has 38 valence electrons. The Morgan fingerprint density at radius 2 is 1.86 bits per heavy atom. The number of rotatable bonds is 0. The second-order valence-corrected chi connectivity index (χ2v) is 1.16. The van der Waals surface area contributed by atoms with E-state index in [9.17, 15) is 5.21 Å². The third-order valence-corrected chi connectivity index (χ3v) is 0.635. The van der Waals surface area contributed by atoms with Gasteiger partial charge in [0.1, 0.15) is 0 Å². The third-order valence-electron chi connectivity index (χ3n) is 0.635. The van der Waals surface area contributed by atoms with Crippen molar-refractivity contribution in [1.82, 2.24) is 10.4 Å². The SMILES string of the molecule is [O-]N1C=CNC=C1. The molecule has 0 unspecified atom stereocenters. The van der Waals surface area contributed by atoms with Gasteiger partial charge in [-0.05, 0) is 0 Å². The number of hydrogen-bond donors (Lipinski definition) is 1. The molecule has 0 saturated heterocycles. The van der Waals surface area contributed by atoms with Gasteiger partial charge in [0.05, 0.1) is 0 Å². The molecule has 3 heteroatoms. The smallest absolute Gasteiger partial charge is 0.0162 e. The zero-order valence-electron chi connectivity index (χ0n) is 3.66. The Kier molecular flexibility index (Phi) is 0.997. The predicted molar refractivity (Wildman–Crippen MR) is 26.6 cm³/mol. The van der Waals surface area contributed by atoms with Crippen LogP contribution in [-0.2, 0) is 0 Å². The van der Waals surface area contributed by atoms with Crippen LogP contribution in [0.2, 0.25) is 0 Å². The Labute approximate surface area is 41.5 Å². The van der Waals surface area contributed by atoms with E-state index in [1.165, 1.54) is 12.4 Å². The summed E-state index contributed by atoms with van der Waals surface area (Å²) < 4.78 is 0. The first kappa shape index (κ1) is 4.21. The van der Waals surface area contributed by atoms with E-state index in [0.29, 0.717) is 0 Å². The standard InChI is InChI=1S/C4H5N2O/c7-6-3-1-5-2-4-6/h1-5H/q-1. The fourth-order valence-electron chi connectivity index (χ4n) is 0.338. The molecule has 1 N–H and O–H groups in total. The van der Waals surface area contributed by atoms with Gasteiger partial charge in [-0.15, -0.1) is 0 Å². The van der Waals surface area contributed by atoms with Crippen LogP contribution < -0.4 is 5.32 Å². The number of nitrogens with one attached hydrogen (secondary N) is 1. The van der Waals surface area contributed by atoms with Crippen molar-refractivity contribution in [2.75, 3.05) is 0 Å². The highest BCUT2D eigenvalue weighted by Crippen LogP contribution is 1.89. The van der Waals surface area contributed by atoms with Crippen LogP contribution >= 0.6 is 0 Å². The minimum absolute atomic E-state index is 0.719. The van der Waals surface area contributed by atoms with E-state index in [2.05, 4.69) is 5.32 Å². The van der Waals surface area contributed by atoms with Crippen molar-refractivity contribution >= 4 is 0 Å². The second kappa shape index (κ2) is 1.66. The highest BCUT2D eigenvalue weighted by molar-refractivity contribution is 4.98. The van der Waals surface area contributed by atoms with E-state index in [4.69, 9.17) is 0 Å². The van der Waals surface area contributed by atoms with Crippen molar-refractivity contribution in [2.45, 2.75) is 0 Å². The fourth-order valence-corrected chi connectivity index (χ4v) is 0.338. The Bertz CT molecular complexity index is 96.3. The van der Waals surface area contributed by atoms with Crippen LogP contribution in [0.3, 0.4) is 0 Å². The summed E-state index contributed by atoms with van der Waals surface area (Å²) in [6, 6.07) is 0. The van der Waals surface area contributed by atoms with E-state index < -0.39 is 0 Å². The molecule has 1 aliphatic heterocycles. The van der Waals surface area contributed by atoms with Crippen molar-refractivity contribution in [3.8, 4) is 0 Å². The van der Waals surface area contributed by atoms with Gasteiger partial charge in [-0.1, -0.05) is 0 Å². The van der Waals surface area contributed by atoms with Gasteiger partial charge in [0.2, 0.25) is 0 Å². The Morgan fingerprint density at radius 1 is 1.29 bits per heavy atom. The lowest BCUT2D eigenvalue weighted by Crippen LogP contribution is -2.07. The lowest BCUT2D eigenvalue weighted by atomic mass is 10.7. The first-order valence-electron chi connectivity index (χ1n) is 1.94. The molecule has 0 aromatic heterocycles. The summed E-state index contributed by atoms with van der Waals surface area (Å²) in [7, 11) is 0. The third kappa shape index (κ3) is 0.940. The Hall–Kier alpha value is -0.960. The Morgan fingerprint density at radius 3 is 2.14 bits per heavy atom. The molecular weight excluding hydrogens is 92.1 g/mol. The zero-order valence-corrected chi connectivity index (χ0v) is 3.66. The summed E-state index contributed by atoms with van der Waals surface area (Å²) in [6.45, 7) is 0. The van der Waals surface area contributed by atoms with Crippen molar-refractivity contribution in [2.24, 2.45) is 0 Å². The fraction of sp³-hybridized carbons (Fsp3) is 0. The van der Waals surface area contributed by atoms with E-state index in [1.807, 2.05) is 0 Å². The molecule has 0 amide bonds. The molecule has 1 aliphatic rings. The number of hydrogen-bond acceptors (Lipinski definition) is 3. The molecule has 1 rings (SSSR count). The van der Waals surface area contributed by atoms with E-state index in [-0.39, 0.29) is 0 Å². The van der Waals surface area contributed by atoms with Gasteiger partial charge >= 0.3 is 0 Å². The predicted octanol–water partition coefficient (Wildman–Crippen LogP) is 0.332. The van der Waals surface area contributed by atoms with Gasteiger partial charge in [-0.3, -0.25) is 0 Å². The maximum absolute atomic E-state index is 10.2. The molecule has 0 aromatic carbocycles. The monoisotopic (exact) mass is 97.0 g/mol. The summed E-state index contributed by atoms with van der Waals surface area (Å²) in [6.07, 6.45) is 5.90. The maximum atomic E-state index is 10.2. The van der Waals surface area contributed by atoms with Crippen LogP contribution in [0.5, 0.6) is 0 Å². The molecule has 0 atom stereocenters. The van der Waals surface area contributed by atoms with Crippen molar-refractivity contribution in [3.05, 3.63) is 30.0 Å². The first-order chi connectivity index (χ1) is 3.39. The topological polar surface area (TPSA) is 38.3 Å². The minimum Gasteiger partial charge on any atom is -0.755 e. The number of nitrogens with zero attached hydrogens (tertiary/aromatic N) is 1. The van der Waals surface area contributed by atoms with Gasteiger partial charge in [0.15, 0.2) is 0 Å². The van der Waals surface area contributed by atoms with Crippen LogP contribution in [0, 0.1) is 5.21 Å². The maximum Gasteiger partial charge on any atom is 0.0162 e. The first-order valence-corrected chi connectivity index (χ1v) is 1.94. The van der Waals surface area contributed by atoms with Crippen LogP contribution in [0.1, 0.15) is 0 Å². The molecular formula is C4H5N2O-. The summed E-state index contributed by atoms with van der Waals surface area (Å²) in [5.74, 6) is 0. The summed E-state index contributed by atoms with van der Waals surface area (Å²) in [5, 5.41) is 13.6. The van der Waals surface area contributed by atoms with Gasteiger partial charge in [0.25, 0.3) is 0 Å². The van der Waals surface area contributed by atoms with Crippen molar-refractivity contribution in [3.63, 3.8) is 0 Å². The summed E-state index contributed by atoms with van der Waals surface area (Å²) >= 11 is 0. The highest BCUT2D eigenvalue weighted by Gasteiger charge is 1.76. The minimum atomic E-state index is 0.719. The van der Waals surface area contributed by atoms with E-state index in [0.717, 1.165) is 5.06 Å². The normalized spacial score (nSPS) is 17.0. The van der Waals surface area contributed by atoms with Crippen molar-refractivity contribution < 1.29 is 0 Å². The summed E-state index contributed by atoms with van der Waals surface area (Å²) in [4.78, 5) is 0. The van der Waals surface area contributed by atoms with Gasteiger partial charge in [0, 0.05) is 24.8 Å². The van der Waals surface area contributed by atoms with Crippen LogP contribution in [0.15, 0.2) is 24.8 Å². The highest BCUT2D eigenvalue weighted by atomic mass is 16.5. The lowest BCUT2D eigenvalue weighted by molar-refractivity contribution is 0.672. The molecule has 1 heterocycles. The van der Waals surface area contributed by atoms with Crippen LogP contribution in [0.4, 0.5) is 0 Å². The number of hydroxylamine groups is 2. The van der Waals surface area contributed by atoms with Gasteiger partial charge < -0.3 is 15.6 Å². The van der Waals surface area contributed by atoms with Crippen molar-refractivity contribution in [1.29, 1.82) is 0 Å². The molecule has 0 bridgehead atoms. The van der Waals surface area contributed by atoms with E-state index >= 15 is 0 Å². The molecule has 0 fully saturated rings. The average molecular weight is 97.1 g/mol. The second-order valence-electron chi connectivity index (χ2n) is 1.16. The van der Waals surface area contributed by atoms with Crippen LogP contribution in [-0.4, -0.2) is 5.06 Å². The molecule has 0 saturated carbocycles. The van der Waals surface area contributed by atoms with E-state index in [1.54, 1.807) is 12.4 Å². The van der Waals surface area contributed by atoms with Gasteiger partial charge in [-0.25, -0.2) is 0 Å². The Balaban J connectivity index is 2.49. The molecule has 0 aromatic rings. The largest absolute Gasteiger partial charge is 0.755 e. The molecule has 0 aliphatic carbocycles. The molecule has 0 spiro atoms.